The van der Waals surface area contributed by atoms with Crippen molar-refractivity contribution >= 4 is 11.8 Å². The molecule has 0 aromatic carbocycles. The van der Waals surface area contributed by atoms with Crippen molar-refractivity contribution in [3.63, 3.8) is 0 Å². The Morgan fingerprint density at radius 3 is 2.14 bits per heavy atom. The molecule has 0 saturated heterocycles. The number of rotatable bonds is 5. The highest BCUT2D eigenvalue weighted by Gasteiger charge is 2.31. The molecule has 0 saturated carbocycles. The van der Waals surface area contributed by atoms with Gasteiger partial charge in [0.1, 0.15) is 6.10 Å². The van der Waals surface area contributed by atoms with Crippen LogP contribution in [0.15, 0.2) is 0 Å². The Balaban J connectivity index is 4.49. The van der Waals surface area contributed by atoms with E-state index in [-0.39, 0.29) is 0 Å². The van der Waals surface area contributed by atoms with Gasteiger partial charge in [0.25, 0.3) is 0 Å². The molecule has 0 aliphatic heterocycles. The number of hydrogen-bond donors (Lipinski definition) is 3. The minimum Gasteiger partial charge on any atom is -0.452 e. The van der Waals surface area contributed by atoms with Gasteiger partial charge in [-0.05, 0) is 6.92 Å². The molecule has 0 bridgehead atoms. The van der Waals surface area contributed by atoms with E-state index in [1.807, 2.05) is 0 Å². The summed E-state index contributed by atoms with van der Waals surface area (Å²) in [5.41, 5.74) is 0. The Labute approximate surface area is 81.1 Å². The number of aliphatic hydroxyl groups is 3. The Morgan fingerprint density at radius 1 is 1.36 bits per heavy atom. The van der Waals surface area contributed by atoms with Crippen molar-refractivity contribution in [2.45, 2.75) is 32.2 Å². The molecular weight excluding hydrogens is 192 g/mol. The topological polar surface area (TPSA) is 104 Å². The lowest BCUT2D eigenvalue weighted by atomic mass is 10.1. The second-order valence-corrected chi connectivity index (χ2v) is 2.87. The van der Waals surface area contributed by atoms with Gasteiger partial charge in [0.2, 0.25) is 5.78 Å². The van der Waals surface area contributed by atoms with Crippen LogP contribution in [0.25, 0.3) is 0 Å². The molecule has 3 N–H and O–H groups in total. The second kappa shape index (κ2) is 5.69. The van der Waals surface area contributed by atoms with Crippen LogP contribution >= 0.6 is 0 Å². The summed E-state index contributed by atoms with van der Waals surface area (Å²) >= 11 is 0. The van der Waals surface area contributed by atoms with Gasteiger partial charge < -0.3 is 20.1 Å². The predicted molar refractivity (Wildman–Crippen MR) is 45.3 cm³/mol. The van der Waals surface area contributed by atoms with Crippen molar-refractivity contribution in [3.05, 3.63) is 0 Å². The van der Waals surface area contributed by atoms with Gasteiger partial charge in [0.15, 0.2) is 6.10 Å². The number of esters is 1. The number of aliphatic hydroxyl groups excluding tert-OH is 3. The minimum atomic E-state index is -1.64. The number of carbonyl (C=O) groups excluding carboxylic acids is 2. The van der Waals surface area contributed by atoms with E-state index in [9.17, 15) is 9.59 Å². The van der Waals surface area contributed by atoms with Gasteiger partial charge in [-0.1, -0.05) is 0 Å². The number of carbonyl (C=O) groups is 2. The lowest BCUT2D eigenvalue weighted by Crippen LogP contribution is -2.43. The van der Waals surface area contributed by atoms with Crippen LogP contribution < -0.4 is 0 Å². The van der Waals surface area contributed by atoms with E-state index in [0.717, 1.165) is 6.92 Å². The van der Waals surface area contributed by atoms with Gasteiger partial charge in [0, 0.05) is 6.92 Å². The standard InChI is InChI=1S/C8H14O6/c1-4(10)8(14-5(2)11)7(13)6(12)3-9/h4,6,8-10,12H,3H2,1-2H3/t4-,6-,8+/m0/s1. The molecular formula is C8H14O6. The summed E-state index contributed by atoms with van der Waals surface area (Å²) in [5.74, 6) is -1.66. The first-order valence-electron chi connectivity index (χ1n) is 4.08. The Hall–Kier alpha value is -0.980. The van der Waals surface area contributed by atoms with Crippen LogP contribution in [0.5, 0.6) is 0 Å². The molecule has 0 heterocycles. The van der Waals surface area contributed by atoms with Crippen LogP contribution in [0, 0.1) is 0 Å². The monoisotopic (exact) mass is 206 g/mol. The van der Waals surface area contributed by atoms with E-state index in [1.54, 1.807) is 0 Å². The average molecular weight is 206 g/mol. The van der Waals surface area contributed by atoms with Crippen molar-refractivity contribution in [3.8, 4) is 0 Å². The summed E-state index contributed by atoms with van der Waals surface area (Å²) in [6, 6.07) is 0. The summed E-state index contributed by atoms with van der Waals surface area (Å²) in [7, 11) is 0. The fourth-order valence-electron chi connectivity index (χ4n) is 0.853. The van der Waals surface area contributed by atoms with Crippen LogP contribution in [-0.2, 0) is 14.3 Å². The zero-order chi connectivity index (χ0) is 11.3. The van der Waals surface area contributed by atoms with E-state index in [1.165, 1.54) is 6.92 Å². The molecule has 14 heavy (non-hydrogen) atoms. The largest absolute Gasteiger partial charge is 0.452 e. The Bertz CT molecular complexity index is 212. The summed E-state index contributed by atoms with van der Waals surface area (Å²) in [4.78, 5) is 21.7. The van der Waals surface area contributed by atoms with Gasteiger partial charge in [-0.15, -0.1) is 0 Å². The second-order valence-electron chi connectivity index (χ2n) is 2.87. The van der Waals surface area contributed by atoms with Crippen molar-refractivity contribution in [2.24, 2.45) is 0 Å². The average Bonchev–Trinajstić information content (AvgIpc) is 2.11. The summed E-state index contributed by atoms with van der Waals surface area (Å²) in [5, 5.41) is 26.5. The van der Waals surface area contributed by atoms with Gasteiger partial charge in [0.05, 0.1) is 12.7 Å². The SMILES string of the molecule is CC(=O)O[C@@H](C(=O)[C@@H](O)CO)[C@H](C)O. The van der Waals surface area contributed by atoms with E-state index in [4.69, 9.17) is 15.3 Å². The molecule has 6 nitrogen and oxygen atoms in total. The van der Waals surface area contributed by atoms with E-state index in [0.29, 0.717) is 0 Å². The Kier molecular flexibility index (Phi) is 5.29. The first-order chi connectivity index (χ1) is 6.40. The van der Waals surface area contributed by atoms with Crippen LogP contribution in [0.1, 0.15) is 13.8 Å². The summed E-state index contributed by atoms with van der Waals surface area (Å²) < 4.78 is 4.49. The zero-order valence-electron chi connectivity index (χ0n) is 8.01. The number of hydrogen-bond acceptors (Lipinski definition) is 6. The molecule has 0 aromatic rings. The Morgan fingerprint density at radius 2 is 1.86 bits per heavy atom. The quantitative estimate of drug-likeness (QED) is 0.459. The highest BCUT2D eigenvalue weighted by molar-refractivity contribution is 5.89. The van der Waals surface area contributed by atoms with Crippen molar-refractivity contribution in [1.82, 2.24) is 0 Å². The molecule has 0 radical (unpaired) electrons. The van der Waals surface area contributed by atoms with E-state index in [2.05, 4.69) is 4.74 Å². The number of ether oxygens (including phenoxy) is 1. The highest BCUT2D eigenvalue weighted by Crippen LogP contribution is 2.04. The van der Waals surface area contributed by atoms with E-state index < -0.39 is 36.7 Å². The molecule has 82 valence electrons. The highest BCUT2D eigenvalue weighted by atomic mass is 16.6. The molecule has 0 unspecified atom stereocenters. The molecule has 0 amide bonds. The van der Waals surface area contributed by atoms with Gasteiger partial charge in [-0.25, -0.2) is 0 Å². The summed E-state index contributed by atoms with van der Waals surface area (Å²) in [6.07, 6.45) is -4.31. The predicted octanol–water partition coefficient (Wildman–Crippen LogP) is -1.78. The molecule has 0 aromatic heterocycles. The van der Waals surface area contributed by atoms with Crippen LogP contribution in [0.4, 0.5) is 0 Å². The maximum atomic E-state index is 11.2. The lowest BCUT2D eigenvalue weighted by Gasteiger charge is -2.20. The first-order valence-corrected chi connectivity index (χ1v) is 4.08. The lowest BCUT2D eigenvalue weighted by molar-refractivity contribution is -0.163. The molecule has 0 fully saturated rings. The molecule has 0 spiro atoms. The molecule has 0 aliphatic carbocycles. The fraction of sp³-hybridized carbons (Fsp3) is 0.750. The van der Waals surface area contributed by atoms with Crippen molar-refractivity contribution in [2.75, 3.05) is 6.61 Å². The molecule has 3 atom stereocenters. The van der Waals surface area contributed by atoms with E-state index >= 15 is 0 Å². The van der Waals surface area contributed by atoms with Crippen molar-refractivity contribution in [1.29, 1.82) is 0 Å². The van der Waals surface area contributed by atoms with Gasteiger partial charge in [-0.3, -0.25) is 9.59 Å². The maximum absolute atomic E-state index is 11.2. The zero-order valence-corrected chi connectivity index (χ0v) is 8.01. The third kappa shape index (κ3) is 3.82. The van der Waals surface area contributed by atoms with Crippen LogP contribution in [-0.4, -0.2) is 52.0 Å². The number of Topliss-reactive ketones (excluding diaryl/α,β-unsaturated/α-hetero) is 1. The molecule has 0 rings (SSSR count). The summed E-state index contributed by atoms with van der Waals surface area (Å²) in [6.45, 7) is 1.55. The minimum absolute atomic E-state index is 0.741. The van der Waals surface area contributed by atoms with Crippen LogP contribution in [0.3, 0.4) is 0 Å². The van der Waals surface area contributed by atoms with Gasteiger partial charge in [-0.2, -0.15) is 0 Å². The molecule has 6 heteroatoms. The first kappa shape index (κ1) is 13.0. The fourth-order valence-corrected chi connectivity index (χ4v) is 0.853. The maximum Gasteiger partial charge on any atom is 0.303 e. The van der Waals surface area contributed by atoms with Gasteiger partial charge >= 0.3 is 5.97 Å². The molecule has 0 aliphatic rings. The number of ketones is 1. The third-order valence-corrected chi connectivity index (χ3v) is 1.51. The normalized spacial score (nSPS) is 16.9. The smallest absolute Gasteiger partial charge is 0.303 e. The van der Waals surface area contributed by atoms with Crippen molar-refractivity contribution < 1.29 is 29.6 Å². The van der Waals surface area contributed by atoms with Crippen LogP contribution in [0.2, 0.25) is 0 Å². The third-order valence-electron chi connectivity index (χ3n) is 1.51.